The lowest BCUT2D eigenvalue weighted by molar-refractivity contribution is 0.0448. The first-order valence-corrected chi connectivity index (χ1v) is 10.5. The number of nitrogens with zero attached hydrogens (tertiary/aromatic N) is 5. The normalized spacial score (nSPS) is 18.5. The molecule has 2 atom stereocenters. The van der Waals surface area contributed by atoms with Crippen LogP contribution in [-0.2, 0) is 0 Å². The maximum Gasteiger partial charge on any atom is 0.257 e. The molecule has 4 heterocycles. The van der Waals surface area contributed by atoms with E-state index in [9.17, 15) is 9.90 Å². The Kier molecular flexibility index (Phi) is 4.62. The van der Waals surface area contributed by atoms with Gasteiger partial charge in [-0.1, -0.05) is 0 Å². The van der Waals surface area contributed by atoms with E-state index < -0.39 is 6.10 Å². The van der Waals surface area contributed by atoms with Crippen molar-refractivity contribution >= 4 is 28.4 Å². The zero-order valence-corrected chi connectivity index (χ0v) is 17.7. The monoisotopic (exact) mass is 419 g/mol. The summed E-state index contributed by atoms with van der Waals surface area (Å²) in [7, 11) is 1.81. The number of aromatic nitrogens is 5. The van der Waals surface area contributed by atoms with Crippen LogP contribution >= 0.6 is 0 Å². The van der Waals surface area contributed by atoms with Gasteiger partial charge >= 0.3 is 0 Å². The number of rotatable bonds is 5. The molecule has 5 rings (SSSR count). The number of hydrogen-bond donors (Lipinski definition) is 3. The summed E-state index contributed by atoms with van der Waals surface area (Å²) in [6.07, 6.45) is 6.36. The Balaban J connectivity index is 1.65. The van der Waals surface area contributed by atoms with E-state index >= 15 is 0 Å². The summed E-state index contributed by atoms with van der Waals surface area (Å²) in [4.78, 5) is 22.3. The van der Waals surface area contributed by atoms with Crippen molar-refractivity contribution in [1.82, 2.24) is 29.5 Å². The standard InChI is InChI=1S/C22H25N7O2/c1-12(2)28-11-15(13-5-4-8-24-20(13)28)17-9-19(23-3)29-21(26-17)14(10-25-29)22(31)27-16-6-7-18(16)30/h4-5,8-12,16,18,23,30H,6-7H2,1-3H3,(H,27,31)/t16-,18-/m0/s1. The molecule has 31 heavy (non-hydrogen) atoms. The molecule has 1 saturated carbocycles. The Morgan fingerprint density at radius 1 is 1.29 bits per heavy atom. The summed E-state index contributed by atoms with van der Waals surface area (Å²) in [6.45, 7) is 4.23. The van der Waals surface area contributed by atoms with Gasteiger partial charge in [0.05, 0.1) is 24.0 Å². The lowest BCUT2D eigenvalue weighted by atomic mass is 9.89. The van der Waals surface area contributed by atoms with E-state index in [0.29, 0.717) is 17.6 Å². The van der Waals surface area contributed by atoms with Crippen molar-refractivity contribution in [2.24, 2.45) is 0 Å². The molecule has 0 saturated heterocycles. The minimum Gasteiger partial charge on any atom is -0.391 e. The molecular weight excluding hydrogens is 394 g/mol. The molecule has 0 aliphatic heterocycles. The van der Waals surface area contributed by atoms with Crippen LogP contribution in [0.1, 0.15) is 43.1 Å². The fourth-order valence-corrected chi connectivity index (χ4v) is 4.02. The van der Waals surface area contributed by atoms with Gasteiger partial charge in [0.1, 0.15) is 17.0 Å². The van der Waals surface area contributed by atoms with Crippen LogP contribution in [0, 0.1) is 0 Å². The van der Waals surface area contributed by atoms with Crippen LogP contribution in [-0.4, -0.2) is 54.4 Å². The topological polar surface area (TPSA) is 109 Å². The van der Waals surface area contributed by atoms with Crippen molar-refractivity contribution in [3.8, 4) is 11.3 Å². The predicted octanol–water partition coefficient (Wildman–Crippen LogP) is 2.62. The third-order valence-electron chi connectivity index (χ3n) is 5.95. The fraction of sp³-hybridized carbons (Fsp3) is 0.364. The first-order valence-electron chi connectivity index (χ1n) is 10.5. The van der Waals surface area contributed by atoms with Gasteiger partial charge in [-0.05, 0) is 38.8 Å². The highest BCUT2D eigenvalue weighted by Crippen LogP contribution is 2.32. The average molecular weight is 419 g/mol. The van der Waals surface area contributed by atoms with E-state index in [4.69, 9.17) is 4.98 Å². The lowest BCUT2D eigenvalue weighted by Crippen LogP contribution is -2.50. The Labute approximate surface area is 179 Å². The molecule has 1 amide bonds. The van der Waals surface area contributed by atoms with E-state index in [1.54, 1.807) is 10.7 Å². The SMILES string of the molecule is CNc1cc(-c2cn(C(C)C)c3ncccc23)nc2c(C(=O)N[C@H]3CC[C@@H]3O)cnn12. The molecule has 160 valence electrons. The Hall–Kier alpha value is -3.46. The summed E-state index contributed by atoms with van der Waals surface area (Å²) >= 11 is 0. The summed E-state index contributed by atoms with van der Waals surface area (Å²) in [5.74, 6) is 0.439. The van der Waals surface area contributed by atoms with Crippen molar-refractivity contribution in [2.45, 2.75) is 44.9 Å². The van der Waals surface area contributed by atoms with Gasteiger partial charge < -0.3 is 20.3 Å². The smallest absolute Gasteiger partial charge is 0.257 e. The molecule has 9 nitrogen and oxygen atoms in total. The molecule has 1 aliphatic carbocycles. The van der Waals surface area contributed by atoms with Gasteiger partial charge in [-0.3, -0.25) is 4.79 Å². The average Bonchev–Trinajstić information content (AvgIpc) is 3.37. The van der Waals surface area contributed by atoms with Gasteiger partial charge in [0.25, 0.3) is 5.91 Å². The van der Waals surface area contributed by atoms with Crippen molar-refractivity contribution in [3.63, 3.8) is 0 Å². The highest BCUT2D eigenvalue weighted by atomic mass is 16.3. The van der Waals surface area contributed by atoms with Crippen molar-refractivity contribution in [3.05, 3.63) is 42.4 Å². The molecule has 9 heteroatoms. The van der Waals surface area contributed by atoms with Crippen LogP contribution in [0.4, 0.5) is 5.82 Å². The number of amides is 1. The largest absolute Gasteiger partial charge is 0.391 e. The molecule has 4 aromatic heterocycles. The van der Waals surface area contributed by atoms with E-state index in [2.05, 4.69) is 45.3 Å². The quantitative estimate of drug-likeness (QED) is 0.459. The summed E-state index contributed by atoms with van der Waals surface area (Å²) in [6, 6.07) is 5.89. The van der Waals surface area contributed by atoms with Gasteiger partial charge in [-0.15, -0.1) is 0 Å². The number of aliphatic hydroxyl groups excluding tert-OH is 1. The van der Waals surface area contributed by atoms with Gasteiger partial charge in [0, 0.05) is 42.5 Å². The van der Waals surface area contributed by atoms with Gasteiger partial charge in [-0.2, -0.15) is 9.61 Å². The zero-order valence-electron chi connectivity index (χ0n) is 17.7. The van der Waals surface area contributed by atoms with E-state index in [1.807, 2.05) is 25.2 Å². The molecule has 0 aromatic carbocycles. The number of aliphatic hydroxyl groups is 1. The first kappa shape index (κ1) is 19.5. The minimum absolute atomic E-state index is 0.218. The highest BCUT2D eigenvalue weighted by Gasteiger charge is 2.31. The Morgan fingerprint density at radius 3 is 2.81 bits per heavy atom. The predicted molar refractivity (Wildman–Crippen MR) is 118 cm³/mol. The second-order valence-corrected chi connectivity index (χ2v) is 8.21. The van der Waals surface area contributed by atoms with Crippen LogP contribution < -0.4 is 10.6 Å². The number of anilines is 1. The number of carbonyl (C=O) groups is 1. The van der Waals surface area contributed by atoms with Crippen LogP contribution in [0.5, 0.6) is 0 Å². The van der Waals surface area contributed by atoms with Crippen LogP contribution in [0.3, 0.4) is 0 Å². The third-order valence-corrected chi connectivity index (χ3v) is 5.95. The molecule has 4 aromatic rings. The van der Waals surface area contributed by atoms with E-state index in [1.165, 1.54) is 6.20 Å². The number of fused-ring (bicyclic) bond motifs is 2. The van der Waals surface area contributed by atoms with Crippen molar-refractivity contribution in [1.29, 1.82) is 0 Å². The summed E-state index contributed by atoms with van der Waals surface area (Å²) in [5.41, 5.74) is 3.40. The minimum atomic E-state index is -0.489. The van der Waals surface area contributed by atoms with Crippen LogP contribution in [0.25, 0.3) is 27.9 Å². The number of carbonyl (C=O) groups excluding carboxylic acids is 1. The Morgan fingerprint density at radius 2 is 2.13 bits per heavy atom. The molecule has 1 fully saturated rings. The number of pyridine rings is 1. The third kappa shape index (κ3) is 3.12. The second kappa shape index (κ2) is 7.35. The first-order chi connectivity index (χ1) is 15.0. The van der Waals surface area contributed by atoms with E-state index in [0.717, 1.165) is 34.5 Å². The van der Waals surface area contributed by atoms with Crippen molar-refractivity contribution in [2.75, 3.05) is 12.4 Å². The molecule has 0 bridgehead atoms. The summed E-state index contributed by atoms with van der Waals surface area (Å²) in [5, 5.41) is 21.2. The molecular formula is C22H25N7O2. The molecule has 0 unspecified atom stereocenters. The van der Waals surface area contributed by atoms with Crippen LogP contribution in [0.2, 0.25) is 0 Å². The summed E-state index contributed by atoms with van der Waals surface area (Å²) < 4.78 is 3.74. The van der Waals surface area contributed by atoms with E-state index in [-0.39, 0.29) is 18.0 Å². The van der Waals surface area contributed by atoms with Gasteiger partial charge in [0.15, 0.2) is 5.65 Å². The zero-order chi connectivity index (χ0) is 21.7. The fourth-order valence-electron chi connectivity index (χ4n) is 4.02. The molecule has 1 aliphatic rings. The number of hydrogen-bond acceptors (Lipinski definition) is 6. The molecule has 3 N–H and O–H groups in total. The highest BCUT2D eigenvalue weighted by molar-refractivity contribution is 6.01. The lowest BCUT2D eigenvalue weighted by Gasteiger charge is -2.32. The molecule has 0 spiro atoms. The van der Waals surface area contributed by atoms with Crippen LogP contribution in [0.15, 0.2) is 36.8 Å². The second-order valence-electron chi connectivity index (χ2n) is 8.21. The maximum atomic E-state index is 12.9. The number of nitrogens with one attached hydrogen (secondary N) is 2. The van der Waals surface area contributed by atoms with Gasteiger partial charge in [0.2, 0.25) is 0 Å². The molecule has 0 radical (unpaired) electrons. The van der Waals surface area contributed by atoms with Crippen molar-refractivity contribution < 1.29 is 9.90 Å². The Bertz CT molecular complexity index is 1290. The maximum absolute atomic E-state index is 12.9. The van der Waals surface area contributed by atoms with Gasteiger partial charge in [-0.25, -0.2) is 9.97 Å².